The van der Waals surface area contributed by atoms with Crippen molar-refractivity contribution < 1.29 is 47.8 Å². The number of hydrogen-bond acceptors (Lipinski definition) is 7. The van der Waals surface area contributed by atoms with E-state index in [1.165, 1.54) is 11.0 Å². The Bertz CT molecular complexity index is 1490. The molecule has 2 aromatic heterocycles. The fourth-order valence-electron chi connectivity index (χ4n) is 5.89. The van der Waals surface area contributed by atoms with Crippen LogP contribution >= 0.6 is 0 Å². The van der Waals surface area contributed by atoms with E-state index >= 15 is 4.39 Å². The van der Waals surface area contributed by atoms with Crippen LogP contribution in [0.3, 0.4) is 0 Å². The van der Waals surface area contributed by atoms with Gasteiger partial charge in [-0.3, -0.25) is 9.48 Å². The van der Waals surface area contributed by atoms with Gasteiger partial charge in [0.1, 0.15) is 11.4 Å². The van der Waals surface area contributed by atoms with Gasteiger partial charge in [-0.15, -0.1) is 0 Å². The first-order chi connectivity index (χ1) is 19.1. The summed E-state index contributed by atoms with van der Waals surface area (Å²) in [4.78, 5) is 45.3. The molecule has 1 N–H and O–H groups in total. The van der Waals surface area contributed by atoms with Gasteiger partial charge in [-0.25, -0.2) is 20.5 Å². The number of likely N-dealkylation sites (tertiary alicyclic amines) is 1. The SMILES string of the molecule is CC(C)(C)OC(=O)N1CCC(n2cc(-c3cc(F)c4c(c3)C(=O)N(C([C-]=O)c3ncn5c3CCC5)C4)cn2)CC1.[Li+].[OH-]. The first-order valence-corrected chi connectivity index (χ1v) is 13.7. The van der Waals surface area contributed by atoms with Crippen molar-refractivity contribution in [2.45, 2.75) is 77.2 Å². The average molecular weight is 572 g/mol. The number of aromatic nitrogens is 4. The quantitative estimate of drug-likeness (QED) is 0.330. The number of aryl methyl sites for hydroxylation is 1. The third-order valence-corrected chi connectivity index (χ3v) is 7.91. The van der Waals surface area contributed by atoms with Crippen LogP contribution in [0.25, 0.3) is 11.1 Å². The molecule has 0 spiro atoms. The molecule has 1 unspecified atom stereocenters. The van der Waals surface area contributed by atoms with Crippen LogP contribution in [-0.4, -0.2) is 71.6 Å². The Balaban J connectivity index is 0.00000202. The minimum absolute atomic E-state index is 0. The molecule has 11 nitrogen and oxygen atoms in total. The molecule has 1 fully saturated rings. The summed E-state index contributed by atoms with van der Waals surface area (Å²) in [5.74, 6) is -0.910. The number of piperidine rings is 1. The van der Waals surface area contributed by atoms with Crippen molar-refractivity contribution in [2.75, 3.05) is 13.1 Å². The van der Waals surface area contributed by atoms with Gasteiger partial charge in [0, 0.05) is 54.8 Å². The monoisotopic (exact) mass is 571 g/mol. The Morgan fingerprint density at radius 1 is 1.17 bits per heavy atom. The van der Waals surface area contributed by atoms with Crippen molar-refractivity contribution in [1.82, 2.24) is 29.1 Å². The predicted octanol–water partition coefficient (Wildman–Crippen LogP) is 1.04. The van der Waals surface area contributed by atoms with E-state index in [0.717, 1.165) is 25.1 Å². The van der Waals surface area contributed by atoms with Gasteiger partial charge in [-0.05, 0) is 70.2 Å². The van der Waals surface area contributed by atoms with E-state index in [-0.39, 0.29) is 54.1 Å². The van der Waals surface area contributed by atoms with Gasteiger partial charge in [-0.1, -0.05) is 0 Å². The van der Waals surface area contributed by atoms with Crippen LogP contribution < -0.4 is 18.9 Å². The smallest absolute Gasteiger partial charge is 0.870 e. The Morgan fingerprint density at radius 3 is 2.60 bits per heavy atom. The molecular formula is C29H33FLiN6O5-. The average Bonchev–Trinajstić information content (AvgIpc) is 3.70. The van der Waals surface area contributed by atoms with Crippen molar-refractivity contribution in [1.29, 1.82) is 0 Å². The molecule has 218 valence electrons. The Labute approximate surface area is 255 Å². The van der Waals surface area contributed by atoms with Gasteiger partial charge in [0.05, 0.1) is 24.3 Å². The van der Waals surface area contributed by atoms with E-state index in [4.69, 9.17) is 4.74 Å². The van der Waals surface area contributed by atoms with Crippen LogP contribution in [0.2, 0.25) is 0 Å². The summed E-state index contributed by atoms with van der Waals surface area (Å²) in [7, 11) is 0. The minimum Gasteiger partial charge on any atom is -0.870 e. The number of hydrogen-bond donors (Lipinski definition) is 0. The molecule has 0 bridgehead atoms. The molecule has 1 aromatic carbocycles. The standard InChI is InChI=1S/C29H32FN6O4.Li.H2O/c1-29(2,3)40-28(39)33-9-6-20(7-10-33)36-14-19(13-32-36)18-11-21-22(23(30)12-18)15-35(27(21)38)25(16-37)26-24-5-4-8-34(24)17-31-26;;/h11-14,17,20,25H,4-10,15H2,1-3H3;;1H2/q-1;+1;/p-1. The molecule has 1 saturated heterocycles. The van der Waals surface area contributed by atoms with Crippen LogP contribution in [-0.2, 0) is 29.0 Å². The number of ether oxygens (including phenoxy) is 1. The number of rotatable bonds is 5. The van der Waals surface area contributed by atoms with E-state index in [0.29, 0.717) is 42.8 Å². The molecule has 3 aliphatic heterocycles. The van der Waals surface area contributed by atoms with Gasteiger partial charge in [-0.2, -0.15) is 5.10 Å². The zero-order valence-electron chi connectivity index (χ0n) is 24.3. The number of nitrogens with zero attached hydrogens (tertiary/aromatic N) is 6. The van der Waals surface area contributed by atoms with E-state index in [2.05, 4.69) is 10.1 Å². The zero-order valence-corrected chi connectivity index (χ0v) is 24.3. The molecule has 3 aliphatic rings. The summed E-state index contributed by atoms with van der Waals surface area (Å²) in [6, 6.07) is 2.19. The Kier molecular flexibility index (Phi) is 9.02. The molecule has 13 heteroatoms. The maximum absolute atomic E-state index is 15.3. The van der Waals surface area contributed by atoms with Crippen molar-refractivity contribution in [2.24, 2.45) is 0 Å². The predicted molar refractivity (Wildman–Crippen MR) is 144 cm³/mol. The Morgan fingerprint density at radius 2 is 1.90 bits per heavy atom. The van der Waals surface area contributed by atoms with Crippen molar-refractivity contribution in [3.05, 3.63) is 59.2 Å². The third kappa shape index (κ3) is 5.76. The fourth-order valence-corrected chi connectivity index (χ4v) is 5.89. The van der Waals surface area contributed by atoms with Gasteiger partial charge < -0.3 is 29.4 Å². The summed E-state index contributed by atoms with van der Waals surface area (Å²) in [6.45, 7) is 7.47. The largest absolute Gasteiger partial charge is 1.00 e. The van der Waals surface area contributed by atoms with Gasteiger partial charge in [0.2, 0.25) is 0 Å². The molecule has 5 heterocycles. The van der Waals surface area contributed by atoms with Crippen molar-refractivity contribution in [3.8, 4) is 11.1 Å². The number of amides is 2. The molecule has 2 amide bonds. The maximum atomic E-state index is 15.3. The molecule has 0 aliphatic carbocycles. The van der Waals surface area contributed by atoms with Crippen LogP contribution in [0.15, 0.2) is 30.9 Å². The molecule has 1 atom stereocenters. The van der Waals surface area contributed by atoms with Crippen LogP contribution in [0.5, 0.6) is 0 Å². The van der Waals surface area contributed by atoms with Crippen LogP contribution in [0.1, 0.15) is 79.4 Å². The van der Waals surface area contributed by atoms with E-state index in [1.54, 1.807) is 23.5 Å². The topological polar surface area (TPSA) is 133 Å². The number of benzene rings is 1. The molecule has 0 saturated carbocycles. The third-order valence-electron chi connectivity index (χ3n) is 7.91. The van der Waals surface area contributed by atoms with E-state index < -0.39 is 23.4 Å². The molecular weight excluding hydrogens is 538 g/mol. The summed E-state index contributed by atoms with van der Waals surface area (Å²) in [5.41, 5.74) is 2.65. The van der Waals surface area contributed by atoms with Crippen LogP contribution in [0.4, 0.5) is 9.18 Å². The number of fused-ring (bicyclic) bond motifs is 2. The molecule has 6 rings (SSSR count). The first kappa shape index (κ1) is 31.5. The van der Waals surface area contributed by atoms with Gasteiger partial charge in [0.15, 0.2) is 0 Å². The van der Waals surface area contributed by atoms with E-state index in [1.807, 2.05) is 42.5 Å². The second kappa shape index (κ2) is 12.0. The zero-order chi connectivity index (χ0) is 28.2. The van der Waals surface area contributed by atoms with Crippen molar-refractivity contribution >= 4 is 18.3 Å². The second-order valence-corrected chi connectivity index (χ2v) is 11.7. The summed E-state index contributed by atoms with van der Waals surface area (Å²) in [5, 5.41) is 4.51. The summed E-state index contributed by atoms with van der Waals surface area (Å²) in [6.07, 6.45) is 10.0. The number of carbonyl (C=O) groups excluding carboxylic acids is 3. The van der Waals surface area contributed by atoms with E-state index in [9.17, 15) is 14.4 Å². The summed E-state index contributed by atoms with van der Waals surface area (Å²) >= 11 is 0. The maximum Gasteiger partial charge on any atom is 1.00 e. The molecule has 3 aromatic rings. The minimum atomic E-state index is -0.980. The van der Waals surface area contributed by atoms with Crippen LogP contribution in [0, 0.1) is 5.82 Å². The number of halogens is 1. The fraction of sp³-hybridized carbons (Fsp3) is 0.483. The number of imidazole rings is 1. The first-order valence-electron chi connectivity index (χ1n) is 13.7. The Hall–Kier alpha value is -3.46. The van der Waals surface area contributed by atoms with Gasteiger partial charge in [0.25, 0.3) is 5.91 Å². The summed E-state index contributed by atoms with van der Waals surface area (Å²) < 4.78 is 24.7. The van der Waals surface area contributed by atoms with Crippen molar-refractivity contribution in [3.63, 3.8) is 0 Å². The number of carbonyl (C=O) groups is 2. The second-order valence-electron chi connectivity index (χ2n) is 11.7. The molecule has 42 heavy (non-hydrogen) atoms. The molecule has 0 radical (unpaired) electrons. The van der Waals surface area contributed by atoms with Gasteiger partial charge >= 0.3 is 25.0 Å². The normalized spacial score (nSPS) is 17.3.